The van der Waals surface area contributed by atoms with E-state index < -0.39 is 0 Å². The molecule has 0 radical (unpaired) electrons. The number of hydrogen-bond donors (Lipinski definition) is 0. The predicted molar refractivity (Wildman–Crippen MR) is 110 cm³/mol. The molecule has 1 spiro atoms. The molecule has 0 aromatic heterocycles. The number of rotatable bonds is 2. The second-order valence-corrected chi connectivity index (χ2v) is 8.32. The molecule has 0 unspecified atom stereocenters. The Hall–Kier alpha value is -2.35. The highest BCUT2D eigenvalue weighted by molar-refractivity contribution is 5.59. The minimum atomic E-state index is -0.0271. The standard InChI is InChI=1S/C24H27N3O/c25-17-19-5-2-4-8-23(19)27-15-13-26(14-16-27)21-9-11-24(12-10-21)22-7-3-1-6-20(22)18-28-24/h1-8,21H,9-16,18H2. The molecule has 2 heterocycles. The molecule has 4 heteroatoms. The van der Waals surface area contributed by atoms with Gasteiger partial charge in [-0.3, -0.25) is 4.90 Å². The van der Waals surface area contributed by atoms with E-state index in [-0.39, 0.29) is 5.60 Å². The quantitative estimate of drug-likeness (QED) is 0.796. The van der Waals surface area contributed by atoms with E-state index in [0.717, 1.165) is 56.9 Å². The molecule has 0 atom stereocenters. The first-order chi connectivity index (χ1) is 13.8. The van der Waals surface area contributed by atoms with Crippen molar-refractivity contribution in [3.05, 3.63) is 65.2 Å². The number of piperazine rings is 1. The van der Waals surface area contributed by atoms with Crippen LogP contribution in [-0.4, -0.2) is 37.1 Å². The first kappa shape index (κ1) is 17.7. The van der Waals surface area contributed by atoms with Crippen LogP contribution < -0.4 is 4.90 Å². The van der Waals surface area contributed by atoms with Gasteiger partial charge in [0.05, 0.1) is 23.5 Å². The van der Waals surface area contributed by atoms with E-state index in [4.69, 9.17) is 4.74 Å². The Labute approximate surface area is 167 Å². The Kier molecular flexibility index (Phi) is 4.58. The summed E-state index contributed by atoms with van der Waals surface area (Å²) in [5.41, 5.74) is 4.66. The zero-order valence-corrected chi connectivity index (χ0v) is 16.3. The van der Waals surface area contributed by atoms with Gasteiger partial charge in [0.25, 0.3) is 0 Å². The summed E-state index contributed by atoms with van der Waals surface area (Å²) < 4.78 is 6.33. The van der Waals surface area contributed by atoms with Crippen molar-refractivity contribution < 1.29 is 4.74 Å². The summed E-state index contributed by atoms with van der Waals surface area (Å²) in [5.74, 6) is 0. The summed E-state index contributed by atoms with van der Waals surface area (Å²) in [6, 6.07) is 19.7. The predicted octanol–water partition coefficient (Wildman–Crippen LogP) is 4.05. The molecule has 144 valence electrons. The van der Waals surface area contributed by atoms with Gasteiger partial charge >= 0.3 is 0 Å². The Bertz CT molecular complexity index is 887. The highest BCUT2D eigenvalue weighted by Gasteiger charge is 2.43. The van der Waals surface area contributed by atoms with Crippen LogP contribution in [0.4, 0.5) is 5.69 Å². The molecule has 0 bridgehead atoms. The summed E-state index contributed by atoms with van der Waals surface area (Å²) >= 11 is 0. The van der Waals surface area contributed by atoms with Crippen LogP contribution in [0.15, 0.2) is 48.5 Å². The van der Waals surface area contributed by atoms with Crippen molar-refractivity contribution >= 4 is 5.69 Å². The van der Waals surface area contributed by atoms with E-state index >= 15 is 0 Å². The van der Waals surface area contributed by atoms with Crippen LogP contribution in [0.1, 0.15) is 42.4 Å². The molecule has 2 aliphatic heterocycles. The van der Waals surface area contributed by atoms with Crippen LogP contribution in [0.5, 0.6) is 0 Å². The number of hydrogen-bond acceptors (Lipinski definition) is 4. The van der Waals surface area contributed by atoms with Gasteiger partial charge in [-0.05, 0) is 48.9 Å². The molecule has 2 aromatic rings. The Morgan fingerprint density at radius 2 is 1.64 bits per heavy atom. The van der Waals surface area contributed by atoms with Gasteiger partial charge in [0.2, 0.25) is 0 Å². The van der Waals surface area contributed by atoms with Gasteiger partial charge in [-0.1, -0.05) is 36.4 Å². The molecule has 2 aromatic carbocycles. The van der Waals surface area contributed by atoms with Gasteiger partial charge in [-0.15, -0.1) is 0 Å². The van der Waals surface area contributed by atoms with Crippen molar-refractivity contribution in [2.45, 2.75) is 43.9 Å². The van der Waals surface area contributed by atoms with Crippen molar-refractivity contribution in [2.75, 3.05) is 31.1 Å². The third-order valence-corrected chi connectivity index (χ3v) is 6.97. The van der Waals surface area contributed by atoms with E-state index in [1.54, 1.807) is 0 Å². The fourth-order valence-electron chi connectivity index (χ4n) is 5.40. The van der Waals surface area contributed by atoms with Crippen LogP contribution in [-0.2, 0) is 16.9 Å². The maximum atomic E-state index is 9.38. The van der Waals surface area contributed by atoms with Crippen molar-refractivity contribution in [2.24, 2.45) is 0 Å². The lowest BCUT2D eigenvalue weighted by Gasteiger charge is -2.45. The third kappa shape index (κ3) is 2.99. The molecule has 5 rings (SSSR count). The number of fused-ring (bicyclic) bond motifs is 2. The Morgan fingerprint density at radius 3 is 2.43 bits per heavy atom. The smallest absolute Gasteiger partial charge is 0.101 e. The third-order valence-electron chi connectivity index (χ3n) is 6.97. The molecule has 0 N–H and O–H groups in total. The van der Waals surface area contributed by atoms with Crippen LogP contribution in [0.2, 0.25) is 0 Å². The lowest BCUT2D eigenvalue weighted by Crippen LogP contribution is -2.52. The van der Waals surface area contributed by atoms with Gasteiger partial charge in [0, 0.05) is 32.2 Å². The lowest BCUT2D eigenvalue weighted by atomic mass is 9.77. The zero-order valence-electron chi connectivity index (χ0n) is 16.3. The molecule has 4 nitrogen and oxygen atoms in total. The zero-order chi connectivity index (χ0) is 19.0. The Balaban J connectivity index is 1.21. The number of nitrogens with zero attached hydrogens (tertiary/aromatic N) is 3. The Morgan fingerprint density at radius 1 is 0.929 bits per heavy atom. The fourth-order valence-corrected chi connectivity index (χ4v) is 5.40. The van der Waals surface area contributed by atoms with Crippen molar-refractivity contribution in [1.29, 1.82) is 5.26 Å². The fraction of sp³-hybridized carbons (Fsp3) is 0.458. The number of anilines is 1. The molecule has 28 heavy (non-hydrogen) atoms. The second kappa shape index (κ2) is 7.24. The summed E-state index contributed by atoms with van der Waals surface area (Å²) in [6.45, 7) is 4.93. The average molecular weight is 374 g/mol. The van der Waals surface area contributed by atoms with Crippen LogP contribution >= 0.6 is 0 Å². The number of ether oxygens (including phenoxy) is 1. The largest absolute Gasteiger partial charge is 0.368 e. The summed E-state index contributed by atoms with van der Waals surface area (Å²) in [6.07, 6.45) is 4.69. The van der Waals surface area contributed by atoms with E-state index in [9.17, 15) is 5.26 Å². The highest BCUT2D eigenvalue weighted by Crippen LogP contribution is 2.47. The van der Waals surface area contributed by atoms with E-state index in [1.807, 2.05) is 18.2 Å². The number of benzene rings is 2. The maximum absolute atomic E-state index is 9.38. The van der Waals surface area contributed by atoms with Gasteiger partial charge in [-0.2, -0.15) is 5.26 Å². The number of para-hydroxylation sites is 1. The highest BCUT2D eigenvalue weighted by atomic mass is 16.5. The minimum absolute atomic E-state index is 0.0271. The molecule has 1 aliphatic carbocycles. The number of nitriles is 1. The lowest BCUT2D eigenvalue weighted by molar-refractivity contribution is -0.0777. The molecule has 0 amide bonds. The van der Waals surface area contributed by atoms with Gasteiger partial charge in [0.15, 0.2) is 0 Å². The van der Waals surface area contributed by atoms with E-state index in [2.05, 4.69) is 46.2 Å². The van der Waals surface area contributed by atoms with Crippen LogP contribution in [0.25, 0.3) is 0 Å². The minimum Gasteiger partial charge on any atom is -0.368 e. The first-order valence-electron chi connectivity index (χ1n) is 10.5. The van der Waals surface area contributed by atoms with Gasteiger partial charge in [-0.25, -0.2) is 0 Å². The van der Waals surface area contributed by atoms with Crippen molar-refractivity contribution in [3.63, 3.8) is 0 Å². The molecular weight excluding hydrogens is 346 g/mol. The van der Waals surface area contributed by atoms with Crippen molar-refractivity contribution in [1.82, 2.24) is 4.90 Å². The molecule has 2 fully saturated rings. The molecule has 1 saturated carbocycles. The van der Waals surface area contributed by atoms with Crippen LogP contribution in [0.3, 0.4) is 0 Å². The SMILES string of the molecule is N#Cc1ccccc1N1CCN(C2CCC3(CC2)OCc2ccccc23)CC1. The summed E-state index contributed by atoms with van der Waals surface area (Å²) in [4.78, 5) is 5.04. The normalized spacial score (nSPS) is 27.5. The van der Waals surface area contributed by atoms with E-state index in [0.29, 0.717) is 6.04 Å². The molecule has 1 saturated heterocycles. The molecular formula is C24H27N3O. The van der Waals surface area contributed by atoms with Crippen molar-refractivity contribution in [3.8, 4) is 6.07 Å². The average Bonchev–Trinajstić information content (AvgIpc) is 3.13. The molecule has 3 aliphatic rings. The van der Waals surface area contributed by atoms with Gasteiger partial charge < -0.3 is 9.64 Å². The van der Waals surface area contributed by atoms with Gasteiger partial charge in [0.1, 0.15) is 6.07 Å². The summed E-state index contributed by atoms with van der Waals surface area (Å²) in [5, 5.41) is 9.38. The second-order valence-electron chi connectivity index (χ2n) is 8.32. The first-order valence-corrected chi connectivity index (χ1v) is 10.5. The monoisotopic (exact) mass is 373 g/mol. The topological polar surface area (TPSA) is 39.5 Å². The van der Waals surface area contributed by atoms with E-state index in [1.165, 1.54) is 24.0 Å². The van der Waals surface area contributed by atoms with Crippen LogP contribution in [0, 0.1) is 11.3 Å². The maximum Gasteiger partial charge on any atom is 0.101 e. The summed E-state index contributed by atoms with van der Waals surface area (Å²) in [7, 11) is 0.